The first-order valence-corrected chi connectivity index (χ1v) is 11.9. The van der Waals surface area contributed by atoms with Crippen LogP contribution in [-0.4, -0.2) is 20.6 Å². The maximum absolute atomic E-state index is 3.92. The van der Waals surface area contributed by atoms with Gasteiger partial charge in [-0.25, -0.2) is 0 Å². The molecule has 0 spiro atoms. The molecule has 0 saturated carbocycles. The van der Waals surface area contributed by atoms with E-state index in [0.29, 0.717) is 0 Å². The molecule has 0 saturated heterocycles. The van der Waals surface area contributed by atoms with Crippen LogP contribution >= 0.6 is 0 Å². The van der Waals surface area contributed by atoms with E-state index >= 15 is 0 Å². The molecule has 0 heterocycles. The smallest absolute Gasteiger partial charge is 0.164 e. The number of nitrogens with zero attached hydrogens (tertiary/aromatic N) is 1. The zero-order valence-electron chi connectivity index (χ0n) is 20.1. The van der Waals surface area contributed by atoms with Crippen LogP contribution in [0.1, 0.15) is 6.92 Å². The standard InChI is InChI=1S/C32H31N2/c1-4-34(2,3)32-29-19-12-11-18-26(29)22-23-30(32)33-31-27(24-14-7-5-8-15-24)20-13-21-28(31)25-16-9-6-10-17-25/h5-23,33H,4H2,1-3H3/q+1. The third-order valence-corrected chi connectivity index (χ3v) is 6.79. The summed E-state index contributed by atoms with van der Waals surface area (Å²) < 4.78 is 0.790. The van der Waals surface area contributed by atoms with Crippen LogP contribution in [0.4, 0.5) is 17.1 Å². The van der Waals surface area contributed by atoms with Crippen LogP contribution in [0.25, 0.3) is 33.0 Å². The van der Waals surface area contributed by atoms with Crippen molar-refractivity contribution in [1.82, 2.24) is 4.48 Å². The maximum atomic E-state index is 3.92. The van der Waals surface area contributed by atoms with E-state index in [9.17, 15) is 0 Å². The molecule has 0 aliphatic carbocycles. The molecule has 2 heteroatoms. The van der Waals surface area contributed by atoms with E-state index in [1.165, 1.54) is 38.7 Å². The average molecular weight is 444 g/mol. The Hall–Kier alpha value is -3.88. The number of benzene rings is 5. The van der Waals surface area contributed by atoms with Gasteiger partial charge in [-0.1, -0.05) is 103 Å². The molecule has 5 aromatic carbocycles. The highest BCUT2D eigenvalue weighted by Gasteiger charge is 2.25. The number of rotatable bonds is 6. The van der Waals surface area contributed by atoms with Crippen molar-refractivity contribution in [2.24, 2.45) is 0 Å². The lowest BCUT2D eigenvalue weighted by atomic mass is 9.95. The van der Waals surface area contributed by atoms with Gasteiger partial charge in [-0.2, -0.15) is 0 Å². The molecule has 0 aliphatic heterocycles. The topological polar surface area (TPSA) is 12.0 Å². The van der Waals surface area contributed by atoms with Gasteiger partial charge < -0.3 is 5.32 Å². The Morgan fingerprint density at radius 2 is 1.15 bits per heavy atom. The molecule has 34 heavy (non-hydrogen) atoms. The van der Waals surface area contributed by atoms with Crippen LogP contribution in [0.2, 0.25) is 0 Å². The Labute approximate surface area is 202 Å². The van der Waals surface area contributed by atoms with E-state index in [0.717, 1.165) is 22.4 Å². The monoisotopic (exact) mass is 443 g/mol. The Balaban J connectivity index is 1.76. The Morgan fingerprint density at radius 3 is 1.74 bits per heavy atom. The molecule has 0 fully saturated rings. The van der Waals surface area contributed by atoms with Gasteiger partial charge in [0, 0.05) is 16.5 Å². The molecular weight excluding hydrogens is 412 g/mol. The molecule has 0 bridgehead atoms. The summed E-state index contributed by atoms with van der Waals surface area (Å²) in [6, 6.07) is 41.0. The molecular formula is C32H31N2+. The fourth-order valence-electron chi connectivity index (χ4n) is 4.70. The zero-order valence-corrected chi connectivity index (χ0v) is 20.1. The fourth-order valence-corrected chi connectivity index (χ4v) is 4.70. The quantitative estimate of drug-likeness (QED) is 0.259. The summed E-state index contributed by atoms with van der Waals surface area (Å²) in [5.74, 6) is 0. The third-order valence-electron chi connectivity index (χ3n) is 6.79. The summed E-state index contributed by atoms with van der Waals surface area (Å²) >= 11 is 0. The largest absolute Gasteiger partial charge is 0.350 e. The minimum atomic E-state index is 0.790. The number of hydrogen-bond donors (Lipinski definition) is 1. The van der Waals surface area contributed by atoms with Gasteiger partial charge in [0.15, 0.2) is 5.69 Å². The molecule has 2 nitrogen and oxygen atoms in total. The molecule has 0 amide bonds. The number of hydrogen-bond acceptors (Lipinski definition) is 1. The summed E-state index contributed by atoms with van der Waals surface area (Å²) in [6.45, 7) is 3.24. The highest BCUT2D eigenvalue weighted by Crippen LogP contribution is 2.43. The summed E-state index contributed by atoms with van der Waals surface area (Å²) in [5, 5.41) is 6.48. The Morgan fingerprint density at radius 1 is 0.588 bits per heavy atom. The van der Waals surface area contributed by atoms with Crippen molar-refractivity contribution in [1.29, 1.82) is 0 Å². The normalized spacial score (nSPS) is 11.5. The zero-order chi connectivity index (χ0) is 23.5. The number of fused-ring (bicyclic) bond motifs is 1. The van der Waals surface area contributed by atoms with Crippen LogP contribution in [-0.2, 0) is 0 Å². The van der Waals surface area contributed by atoms with Gasteiger partial charge in [-0.15, -0.1) is 0 Å². The Bertz CT molecular complexity index is 1360. The highest BCUT2D eigenvalue weighted by atomic mass is 15.3. The lowest BCUT2D eigenvalue weighted by Gasteiger charge is -2.31. The van der Waals surface area contributed by atoms with Gasteiger partial charge in [-0.3, -0.25) is 4.48 Å². The first-order valence-electron chi connectivity index (χ1n) is 11.9. The Kier molecular flexibility index (Phi) is 5.91. The van der Waals surface area contributed by atoms with Gasteiger partial charge in [0.2, 0.25) is 0 Å². The van der Waals surface area contributed by atoms with Crippen molar-refractivity contribution in [2.45, 2.75) is 6.92 Å². The van der Waals surface area contributed by atoms with E-state index in [1.807, 2.05) is 0 Å². The first-order chi connectivity index (χ1) is 16.6. The maximum Gasteiger partial charge on any atom is 0.164 e. The predicted molar refractivity (Wildman–Crippen MR) is 149 cm³/mol. The fraction of sp³-hybridized carbons (Fsp3) is 0.125. The third kappa shape index (κ3) is 4.09. The van der Waals surface area contributed by atoms with E-state index in [1.54, 1.807) is 0 Å². The van der Waals surface area contributed by atoms with Crippen LogP contribution in [0.5, 0.6) is 0 Å². The van der Waals surface area contributed by atoms with Gasteiger partial charge >= 0.3 is 0 Å². The van der Waals surface area contributed by atoms with Crippen molar-refractivity contribution >= 4 is 27.8 Å². The molecule has 0 unspecified atom stereocenters. The van der Waals surface area contributed by atoms with Gasteiger partial charge in [-0.05, 0) is 35.6 Å². The lowest BCUT2D eigenvalue weighted by molar-refractivity contribution is 0.425. The number of anilines is 2. The second kappa shape index (κ2) is 9.17. The van der Waals surface area contributed by atoms with Crippen molar-refractivity contribution in [3.8, 4) is 22.3 Å². The van der Waals surface area contributed by atoms with E-state index in [2.05, 4.69) is 142 Å². The molecule has 5 aromatic rings. The highest BCUT2D eigenvalue weighted by molar-refractivity contribution is 6.02. The van der Waals surface area contributed by atoms with E-state index in [4.69, 9.17) is 0 Å². The molecule has 1 N–H and O–H groups in total. The minimum Gasteiger partial charge on any atom is -0.350 e. The summed E-state index contributed by atoms with van der Waals surface area (Å²) in [6.07, 6.45) is 0. The second-order valence-electron chi connectivity index (χ2n) is 9.27. The van der Waals surface area contributed by atoms with E-state index < -0.39 is 0 Å². The van der Waals surface area contributed by atoms with Crippen LogP contribution in [0.3, 0.4) is 0 Å². The molecule has 0 radical (unpaired) electrons. The van der Waals surface area contributed by atoms with Gasteiger partial charge in [0.25, 0.3) is 0 Å². The van der Waals surface area contributed by atoms with Crippen molar-refractivity contribution in [3.05, 3.63) is 115 Å². The van der Waals surface area contributed by atoms with Gasteiger partial charge in [0.1, 0.15) is 5.69 Å². The summed E-state index contributed by atoms with van der Waals surface area (Å²) in [4.78, 5) is 0. The predicted octanol–water partition coefficient (Wildman–Crippen LogP) is 8.50. The second-order valence-corrected chi connectivity index (χ2v) is 9.27. The molecule has 168 valence electrons. The SMILES string of the molecule is CC[N+](C)(C)c1c(Nc2c(-c3ccccc3)cccc2-c2ccccc2)ccc2ccccc12. The lowest BCUT2D eigenvalue weighted by Crippen LogP contribution is -2.40. The molecule has 0 aromatic heterocycles. The number of nitrogens with one attached hydrogen (secondary N) is 1. The summed E-state index contributed by atoms with van der Waals surface area (Å²) in [7, 11) is 4.57. The van der Waals surface area contributed by atoms with Crippen LogP contribution in [0, 0.1) is 0 Å². The number of para-hydroxylation sites is 1. The van der Waals surface area contributed by atoms with Gasteiger partial charge in [0.05, 0.1) is 26.3 Å². The van der Waals surface area contributed by atoms with Crippen molar-refractivity contribution in [3.63, 3.8) is 0 Å². The molecule has 0 atom stereocenters. The van der Waals surface area contributed by atoms with Crippen molar-refractivity contribution < 1.29 is 0 Å². The number of quaternary nitrogens is 1. The van der Waals surface area contributed by atoms with Crippen LogP contribution in [0.15, 0.2) is 115 Å². The van der Waals surface area contributed by atoms with E-state index in [-0.39, 0.29) is 0 Å². The molecule has 5 rings (SSSR count). The summed E-state index contributed by atoms with van der Waals surface area (Å²) in [5.41, 5.74) is 8.38. The average Bonchev–Trinajstić information content (AvgIpc) is 2.89. The van der Waals surface area contributed by atoms with Crippen LogP contribution < -0.4 is 9.80 Å². The van der Waals surface area contributed by atoms with Crippen molar-refractivity contribution in [2.75, 3.05) is 26.0 Å². The minimum absolute atomic E-state index is 0.790. The first kappa shape index (κ1) is 21.9. The molecule has 0 aliphatic rings.